The molecule has 1 atom stereocenters. The van der Waals surface area contributed by atoms with E-state index in [0.717, 1.165) is 45.8 Å². The monoisotopic (exact) mass is 213 g/mol. The van der Waals surface area contributed by atoms with Gasteiger partial charge in [-0.15, -0.1) is 0 Å². The molecule has 0 saturated heterocycles. The van der Waals surface area contributed by atoms with Crippen molar-refractivity contribution >= 4 is 0 Å². The molecule has 0 amide bonds. The lowest BCUT2D eigenvalue weighted by molar-refractivity contribution is 0.127. The topological polar surface area (TPSA) is 30.5 Å². The maximum Gasteiger partial charge on any atom is 0.0650 e. The number of rotatable bonds is 7. The Kier molecular flexibility index (Phi) is 6.64. The summed E-state index contributed by atoms with van der Waals surface area (Å²) in [5, 5.41) is 3.46. The van der Waals surface area contributed by atoms with Gasteiger partial charge in [-0.05, 0) is 33.2 Å². The molecule has 0 fully saturated rings. The van der Waals surface area contributed by atoms with Gasteiger partial charge in [-0.1, -0.05) is 11.6 Å². The molecule has 0 aromatic heterocycles. The van der Waals surface area contributed by atoms with Crippen LogP contribution in [0.3, 0.4) is 0 Å². The highest BCUT2D eigenvalue weighted by Gasteiger charge is 2.04. The van der Waals surface area contributed by atoms with Crippen LogP contribution in [0.2, 0.25) is 0 Å². The molecule has 15 heavy (non-hydrogen) atoms. The summed E-state index contributed by atoms with van der Waals surface area (Å²) in [6, 6.07) is 0.449. The summed E-state index contributed by atoms with van der Waals surface area (Å²) in [6.07, 6.45) is 4.44. The zero-order chi connectivity index (χ0) is 10.9. The molecule has 1 aliphatic rings. The van der Waals surface area contributed by atoms with Crippen LogP contribution in [0.15, 0.2) is 11.6 Å². The molecule has 3 nitrogen and oxygen atoms in total. The lowest BCUT2D eigenvalue weighted by atomic mass is 10.1. The van der Waals surface area contributed by atoms with Gasteiger partial charge in [-0.2, -0.15) is 0 Å². The second-order valence-electron chi connectivity index (χ2n) is 3.95. The second-order valence-corrected chi connectivity index (χ2v) is 3.95. The van der Waals surface area contributed by atoms with Crippen molar-refractivity contribution < 1.29 is 9.47 Å². The van der Waals surface area contributed by atoms with Gasteiger partial charge in [0.25, 0.3) is 0 Å². The van der Waals surface area contributed by atoms with Crippen molar-refractivity contribution in [2.45, 2.75) is 32.7 Å². The van der Waals surface area contributed by atoms with Crippen molar-refractivity contribution in [3.8, 4) is 0 Å². The molecule has 0 bridgehead atoms. The maximum atomic E-state index is 5.34. The third-order valence-corrected chi connectivity index (χ3v) is 2.57. The minimum Gasteiger partial charge on any atom is -0.380 e. The highest BCUT2D eigenvalue weighted by Crippen LogP contribution is 2.10. The van der Waals surface area contributed by atoms with Crippen molar-refractivity contribution in [1.82, 2.24) is 5.32 Å². The van der Waals surface area contributed by atoms with Gasteiger partial charge in [0, 0.05) is 12.6 Å². The first-order chi connectivity index (χ1) is 7.33. The van der Waals surface area contributed by atoms with Gasteiger partial charge in [-0.25, -0.2) is 0 Å². The summed E-state index contributed by atoms with van der Waals surface area (Å²) >= 11 is 0. The SMILES string of the molecule is CCOCC(C)NCCC1=CCOCC1. The first-order valence-electron chi connectivity index (χ1n) is 5.89. The number of hydrogen-bond donors (Lipinski definition) is 1. The third-order valence-electron chi connectivity index (χ3n) is 2.57. The van der Waals surface area contributed by atoms with Crippen LogP contribution in [0.4, 0.5) is 0 Å². The molecule has 0 spiro atoms. The summed E-state index contributed by atoms with van der Waals surface area (Å²) in [7, 11) is 0. The fourth-order valence-corrected chi connectivity index (χ4v) is 1.63. The standard InChI is InChI=1S/C12H23NO2/c1-3-14-10-11(2)13-7-4-12-5-8-15-9-6-12/h5,11,13H,3-4,6-10H2,1-2H3. The summed E-state index contributed by atoms with van der Waals surface area (Å²) in [5.41, 5.74) is 1.53. The lowest BCUT2D eigenvalue weighted by Crippen LogP contribution is -2.31. The molecule has 88 valence electrons. The maximum absolute atomic E-state index is 5.34. The van der Waals surface area contributed by atoms with Gasteiger partial charge >= 0.3 is 0 Å². The molecule has 0 aromatic carbocycles. The van der Waals surface area contributed by atoms with Gasteiger partial charge in [0.15, 0.2) is 0 Å². The van der Waals surface area contributed by atoms with Gasteiger partial charge in [0.1, 0.15) is 0 Å². The van der Waals surface area contributed by atoms with Crippen LogP contribution in [-0.2, 0) is 9.47 Å². The van der Waals surface area contributed by atoms with Crippen LogP contribution < -0.4 is 5.32 Å². The van der Waals surface area contributed by atoms with Crippen LogP contribution in [0.1, 0.15) is 26.7 Å². The summed E-state index contributed by atoms with van der Waals surface area (Å²) in [4.78, 5) is 0. The van der Waals surface area contributed by atoms with Crippen molar-refractivity contribution in [3.63, 3.8) is 0 Å². The molecule has 0 aromatic rings. The Balaban J connectivity index is 2.02. The normalized spacial score (nSPS) is 18.7. The average Bonchev–Trinajstić information content (AvgIpc) is 2.28. The van der Waals surface area contributed by atoms with E-state index in [9.17, 15) is 0 Å². The predicted molar refractivity (Wildman–Crippen MR) is 62.1 cm³/mol. The Morgan fingerprint density at radius 1 is 1.60 bits per heavy atom. The lowest BCUT2D eigenvalue weighted by Gasteiger charge is -2.16. The molecule has 1 N–H and O–H groups in total. The van der Waals surface area contributed by atoms with E-state index in [1.165, 1.54) is 5.57 Å². The Hall–Kier alpha value is -0.380. The number of hydrogen-bond acceptors (Lipinski definition) is 3. The van der Waals surface area contributed by atoms with Crippen molar-refractivity contribution in [1.29, 1.82) is 0 Å². The smallest absolute Gasteiger partial charge is 0.0650 e. The van der Waals surface area contributed by atoms with Gasteiger partial charge in [-0.3, -0.25) is 0 Å². The molecular weight excluding hydrogens is 190 g/mol. The minimum atomic E-state index is 0.449. The van der Waals surface area contributed by atoms with E-state index in [-0.39, 0.29) is 0 Å². The minimum absolute atomic E-state index is 0.449. The van der Waals surface area contributed by atoms with E-state index in [1.807, 2.05) is 6.92 Å². The zero-order valence-electron chi connectivity index (χ0n) is 9.92. The van der Waals surface area contributed by atoms with Gasteiger partial charge in [0.05, 0.1) is 19.8 Å². The molecule has 1 rings (SSSR count). The first-order valence-corrected chi connectivity index (χ1v) is 5.89. The quantitative estimate of drug-likeness (QED) is 0.653. The molecule has 1 unspecified atom stereocenters. The Morgan fingerprint density at radius 2 is 2.47 bits per heavy atom. The third kappa shape index (κ3) is 5.92. The molecular formula is C12H23NO2. The van der Waals surface area contributed by atoms with E-state index >= 15 is 0 Å². The molecule has 0 radical (unpaired) electrons. The van der Waals surface area contributed by atoms with E-state index < -0.39 is 0 Å². The number of ether oxygens (including phenoxy) is 2. The van der Waals surface area contributed by atoms with Crippen LogP contribution in [0.25, 0.3) is 0 Å². The molecule has 1 heterocycles. The fraction of sp³-hybridized carbons (Fsp3) is 0.833. The van der Waals surface area contributed by atoms with E-state index in [2.05, 4.69) is 18.3 Å². The summed E-state index contributed by atoms with van der Waals surface area (Å²) in [6.45, 7) is 8.52. The summed E-state index contributed by atoms with van der Waals surface area (Å²) < 4.78 is 10.6. The molecule has 1 aliphatic heterocycles. The largest absolute Gasteiger partial charge is 0.380 e. The molecule has 0 saturated carbocycles. The highest BCUT2D eigenvalue weighted by atomic mass is 16.5. The zero-order valence-corrected chi connectivity index (χ0v) is 9.92. The van der Waals surface area contributed by atoms with Crippen LogP contribution in [0, 0.1) is 0 Å². The van der Waals surface area contributed by atoms with Crippen molar-refractivity contribution in [2.75, 3.05) is 33.0 Å². The van der Waals surface area contributed by atoms with Gasteiger partial charge < -0.3 is 14.8 Å². The second kappa shape index (κ2) is 7.85. The Morgan fingerprint density at radius 3 is 3.13 bits per heavy atom. The van der Waals surface area contributed by atoms with Crippen molar-refractivity contribution in [2.24, 2.45) is 0 Å². The van der Waals surface area contributed by atoms with E-state index in [0.29, 0.717) is 6.04 Å². The highest BCUT2D eigenvalue weighted by molar-refractivity contribution is 5.04. The predicted octanol–water partition coefficient (Wildman–Crippen LogP) is 1.74. The number of nitrogens with one attached hydrogen (secondary N) is 1. The molecule has 0 aliphatic carbocycles. The average molecular weight is 213 g/mol. The first kappa shape index (κ1) is 12.7. The fourth-order valence-electron chi connectivity index (χ4n) is 1.63. The van der Waals surface area contributed by atoms with E-state index in [1.54, 1.807) is 0 Å². The van der Waals surface area contributed by atoms with Crippen LogP contribution in [0.5, 0.6) is 0 Å². The Bertz CT molecular complexity index is 192. The molecule has 3 heteroatoms. The Labute approximate surface area is 92.8 Å². The van der Waals surface area contributed by atoms with Crippen LogP contribution >= 0.6 is 0 Å². The summed E-state index contributed by atoms with van der Waals surface area (Å²) in [5.74, 6) is 0. The van der Waals surface area contributed by atoms with E-state index in [4.69, 9.17) is 9.47 Å². The van der Waals surface area contributed by atoms with Crippen LogP contribution in [-0.4, -0.2) is 39.0 Å². The van der Waals surface area contributed by atoms with Gasteiger partial charge in [0.2, 0.25) is 0 Å². The van der Waals surface area contributed by atoms with Crippen molar-refractivity contribution in [3.05, 3.63) is 11.6 Å².